The highest BCUT2D eigenvalue weighted by atomic mass is 31.1. The maximum absolute atomic E-state index is 12.1. The molecule has 0 N–H and O–H groups in total. The van der Waals surface area contributed by atoms with Crippen molar-refractivity contribution in [2.75, 3.05) is 21.1 Å². The van der Waals surface area contributed by atoms with Crippen LogP contribution < -0.4 is 4.89 Å². The van der Waals surface area contributed by atoms with Crippen molar-refractivity contribution in [2.24, 2.45) is 0 Å². The van der Waals surface area contributed by atoms with E-state index in [2.05, 4.69) is 25.7 Å². The van der Waals surface area contributed by atoms with Crippen molar-refractivity contribution < 1.29 is 13.9 Å². The molecule has 0 aromatic carbocycles. The SMILES string of the molecule is C=CCCCCCCCC/C=C\CCCCCCCCCCC(CCC)([P+](=O)[O-])[N+](C)(C)C. The van der Waals surface area contributed by atoms with Gasteiger partial charge in [-0.15, -0.1) is 6.58 Å². The van der Waals surface area contributed by atoms with Gasteiger partial charge in [0.15, 0.2) is 0 Å². The summed E-state index contributed by atoms with van der Waals surface area (Å²) in [7, 11) is 3.67. The molecule has 194 valence electrons. The third kappa shape index (κ3) is 15.9. The van der Waals surface area contributed by atoms with Gasteiger partial charge in [0.05, 0.1) is 21.1 Å². The molecular formula is C29H57NO2P+. The number of allylic oxidation sites excluding steroid dienone is 3. The van der Waals surface area contributed by atoms with E-state index in [9.17, 15) is 9.46 Å². The van der Waals surface area contributed by atoms with Gasteiger partial charge < -0.3 is 4.89 Å². The maximum atomic E-state index is 12.1. The number of nitrogens with zero attached hydrogens (tertiary/aromatic N) is 1. The van der Waals surface area contributed by atoms with E-state index >= 15 is 0 Å². The summed E-state index contributed by atoms with van der Waals surface area (Å²) >= 11 is 0. The van der Waals surface area contributed by atoms with Gasteiger partial charge in [-0.1, -0.05) is 93.9 Å². The highest BCUT2D eigenvalue weighted by molar-refractivity contribution is 7.38. The fourth-order valence-electron chi connectivity index (χ4n) is 4.85. The van der Waals surface area contributed by atoms with Gasteiger partial charge in [-0.2, -0.15) is 0 Å². The van der Waals surface area contributed by atoms with E-state index in [0.717, 1.165) is 32.1 Å². The molecule has 2 unspecified atom stereocenters. The van der Waals surface area contributed by atoms with Gasteiger partial charge >= 0.3 is 8.03 Å². The van der Waals surface area contributed by atoms with Crippen LogP contribution in [0.3, 0.4) is 0 Å². The third-order valence-corrected chi connectivity index (χ3v) is 8.86. The Kier molecular flexibility index (Phi) is 20.5. The first kappa shape index (κ1) is 32.5. The second kappa shape index (κ2) is 20.8. The largest absolute Gasteiger partial charge is 0.590 e. The minimum atomic E-state index is -2.42. The van der Waals surface area contributed by atoms with Crippen LogP contribution in [0, 0.1) is 0 Å². The van der Waals surface area contributed by atoms with Gasteiger partial charge in [0.1, 0.15) is 0 Å². The molecule has 33 heavy (non-hydrogen) atoms. The summed E-state index contributed by atoms with van der Waals surface area (Å²) in [5.74, 6) is 0. The van der Waals surface area contributed by atoms with Gasteiger partial charge in [-0.05, 0) is 51.4 Å². The van der Waals surface area contributed by atoms with Gasteiger partial charge in [0.2, 0.25) is 0 Å². The van der Waals surface area contributed by atoms with Crippen LogP contribution in [0.15, 0.2) is 24.8 Å². The van der Waals surface area contributed by atoms with Crippen molar-refractivity contribution in [2.45, 2.75) is 141 Å². The summed E-state index contributed by atoms with van der Waals surface area (Å²) in [5, 5.41) is -0.594. The smallest absolute Gasteiger partial charge is 0.376 e. The van der Waals surface area contributed by atoms with E-state index in [1.165, 1.54) is 96.3 Å². The monoisotopic (exact) mass is 482 g/mol. The number of hydrogen-bond donors (Lipinski definition) is 0. The number of hydrogen-bond acceptors (Lipinski definition) is 2. The molecule has 3 nitrogen and oxygen atoms in total. The van der Waals surface area contributed by atoms with Crippen LogP contribution in [0.4, 0.5) is 0 Å². The lowest BCUT2D eigenvalue weighted by Crippen LogP contribution is -2.55. The van der Waals surface area contributed by atoms with E-state index in [4.69, 9.17) is 0 Å². The Hall–Kier alpha value is -0.500. The molecule has 0 bridgehead atoms. The molecule has 0 fully saturated rings. The Bertz CT molecular complexity index is 512. The van der Waals surface area contributed by atoms with Gasteiger partial charge in [-0.25, -0.2) is 0 Å². The third-order valence-electron chi connectivity index (χ3n) is 7.13. The van der Waals surface area contributed by atoms with Crippen LogP contribution in [0.5, 0.6) is 0 Å². The summed E-state index contributed by atoms with van der Waals surface area (Å²) in [6.07, 6.45) is 31.2. The minimum absolute atomic E-state index is 0.518. The second-order valence-electron chi connectivity index (χ2n) is 10.8. The average Bonchev–Trinajstić information content (AvgIpc) is 2.76. The zero-order valence-electron chi connectivity index (χ0n) is 22.8. The van der Waals surface area contributed by atoms with Crippen LogP contribution in [0.2, 0.25) is 0 Å². The molecule has 0 rings (SSSR count). The Morgan fingerprint density at radius 1 is 0.697 bits per heavy atom. The molecule has 0 saturated carbocycles. The second-order valence-corrected chi connectivity index (χ2v) is 12.2. The first-order valence-electron chi connectivity index (χ1n) is 14.0. The Morgan fingerprint density at radius 2 is 1.09 bits per heavy atom. The van der Waals surface area contributed by atoms with Crippen LogP contribution in [0.1, 0.15) is 135 Å². The molecule has 0 aromatic heterocycles. The molecule has 0 aliphatic heterocycles. The van der Waals surface area contributed by atoms with E-state index in [0.29, 0.717) is 4.48 Å². The lowest BCUT2D eigenvalue weighted by molar-refractivity contribution is -0.910. The number of unbranched alkanes of at least 4 members (excludes halogenated alkanes) is 15. The zero-order chi connectivity index (χ0) is 24.8. The Morgan fingerprint density at radius 3 is 1.45 bits per heavy atom. The maximum Gasteiger partial charge on any atom is 0.376 e. The lowest BCUT2D eigenvalue weighted by Gasteiger charge is -2.39. The standard InChI is InChI=1S/C29H57NO2P/c1-6-8-9-10-11-12-13-14-15-16-17-18-19-20-21-22-23-24-25-26-28-29(27-7-2,33(31)32)30(3,4)5/h6,16-17H,1,7-15,18-28H2,2-5H3/q+1/b17-16-. The molecule has 2 atom stereocenters. The van der Waals surface area contributed by atoms with Crippen molar-refractivity contribution in [1.29, 1.82) is 0 Å². The molecule has 0 aliphatic carbocycles. The molecule has 0 saturated heterocycles. The lowest BCUT2D eigenvalue weighted by atomic mass is 9.99. The summed E-state index contributed by atoms with van der Waals surface area (Å²) < 4.78 is 12.6. The molecule has 0 heterocycles. The molecule has 0 aliphatic rings. The minimum Gasteiger partial charge on any atom is -0.590 e. The molecule has 0 amide bonds. The normalized spacial score (nSPS) is 14.5. The van der Waals surface area contributed by atoms with Crippen LogP contribution in [-0.2, 0) is 4.57 Å². The molecule has 0 spiro atoms. The van der Waals surface area contributed by atoms with Gasteiger partial charge in [0.25, 0.3) is 5.28 Å². The summed E-state index contributed by atoms with van der Waals surface area (Å²) in [6.45, 7) is 5.87. The van der Waals surface area contributed by atoms with E-state index in [-0.39, 0.29) is 0 Å². The van der Waals surface area contributed by atoms with E-state index in [1.54, 1.807) is 0 Å². The van der Waals surface area contributed by atoms with Crippen molar-refractivity contribution in [1.82, 2.24) is 0 Å². The number of quaternary nitrogens is 1. The van der Waals surface area contributed by atoms with Crippen LogP contribution in [0.25, 0.3) is 0 Å². The first-order valence-corrected chi connectivity index (χ1v) is 15.2. The quantitative estimate of drug-likeness (QED) is 0.0595. The van der Waals surface area contributed by atoms with Crippen LogP contribution >= 0.6 is 8.03 Å². The van der Waals surface area contributed by atoms with E-state index < -0.39 is 13.3 Å². The first-order chi connectivity index (χ1) is 15.8. The summed E-state index contributed by atoms with van der Waals surface area (Å²) in [5.41, 5.74) is 0. The summed E-state index contributed by atoms with van der Waals surface area (Å²) in [4.78, 5) is 12.1. The fourth-order valence-corrected chi connectivity index (χ4v) is 6.09. The molecule has 0 aromatic rings. The molecular weight excluding hydrogens is 425 g/mol. The van der Waals surface area contributed by atoms with Crippen molar-refractivity contribution in [3.63, 3.8) is 0 Å². The predicted molar refractivity (Wildman–Crippen MR) is 146 cm³/mol. The highest BCUT2D eigenvalue weighted by Gasteiger charge is 2.53. The Balaban J connectivity index is 3.61. The van der Waals surface area contributed by atoms with E-state index in [1.807, 2.05) is 27.2 Å². The topological polar surface area (TPSA) is 40.1 Å². The van der Waals surface area contributed by atoms with Gasteiger partial charge in [-0.3, -0.25) is 4.48 Å². The van der Waals surface area contributed by atoms with Gasteiger partial charge in [0, 0.05) is 12.8 Å². The number of rotatable bonds is 24. The molecule has 4 heteroatoms. The van der Waals surface area contributed by atoms with Crippen molar-refractivity contribution in [3.8, 4) is 0 Å². The highest BCUT2D eigenvalue weighted by Crippen LogP contribution is 2.45. The molecule has 0 radical (unpaired) electrons. The summed E-state index contributed by atoms with van der Waals surface area (Å²) in [6, 6.07) is 0. The Labute approximate surface area is 208 Å². The fraction of sp³-hybridized carbons (Fsp3) is 0.862. The van der Waals surface area contributed by atoms with Crippen molar-refractivity contribution >= 4 is 8.03 Å². The van der Waals surface area contributed by atoms with Crippen LogP contribution in [-0.4, -0.2) is 30.9 Å². The average molecular weight is 483 g/mol. The van der Waals surface area contributed by atoms with Crippen molar-refractivity contribution in [3.05, 3.63) is 24.8 Å². The zero-order valence-corrected chi connectivity index (χ0v) is 23.7. The predicted octanol–water partition coefficient (Wildman–Crippen LogP) is 9.06.